The lowest BCUT2D eigenvalue weighted by Crippen LogP contribution is -2.13. The fraction of sp³-hybridized carbons (Fsp3) is 0.154. The second kappa shape index (κ2) is 5.62. The average Bonchev–Trinajstić information content (AvgIpc) is 2.89. The van der Waals surface area contributed by atoms with Crippen LogP contribution in [0.1, 0.15) is 16.4 Å². The van der Waals surface area contributed by atoms with Crippen molar-refractivity contribution in [1.82, 2.24) is 0 Å². The van der Waals surface area contributed by atoms with E-state index in [1.165, 1.54) is 23.5 Å². The molecule has 5 nitrogen and oxygen atoms in total. The molecular formula is C13H11NO4S. The molecule has 0 radical (unpaired) electrons. The third-order valence-electron chi connectivity index (χ3n) is 2.77. The number of non-ortho nitro benzene ring substituents is 1. The van der Waals surface area contributed by atoms with Gasteiger partial charge in [-0.1, -0.05) is 18.2 Å². The largest absolute Gasteiger partial charge is 0.481 e. The first-order valence-corrected chi connectivity index (χ1v) is 6.45. The molecule has 1 atom stereocenters. The highest BCUT2D eigenvalue weighted by atomic mass is 32.1. The Morgan fingerprint density at radius 3 is 2.47 bits per heavy atom. The number of carboxylic acids is 1. The summed E-state index contributed by atoms with van der Waals surface area (Å²) in [7, 11) is 0. The van der Waals surface area contributed by atoms with Gasteiger partial charge >= 0.3 is 5.97 Å². The molecule has 1 aromatic carbocycles. The van der Waals surface area contributed by atoms with Crippen molar-refractivity contribution in [1.29, 1.82) is 0 Å². The first-order chi connectivity index (χ1) is 9.08. The quantitative estimate of drug-likeness (QED) is 0.672. The number of benzene rings is 1. The molecule has 0 saturated heterocycles. The first-order valence-electron chi connectivity index (χ1n) is 5.57. The van der Waals surface area contributed by atoms with Crippen molar-refractivity contribution in [3.8, 4) is 0 Å². The maximum Gasteiger partial charge on any atom is 0.312 e. The van der Waals surface area contributed by atoms with Crippen molar-refractivity contribution >= 4 is 23.0 Å². The van der Waals surface area contributed by atoms with Gasteiger partial charge in [-0.3, -0.25) is 14.9 Å². The van der Waals surface area contributed by atoms with Gasteiger partial charge in [0, 0.05) is 17.0 Å². The molecule has 6 heteroatoms. The Labute approximate surface area is 113 Å². The lowest BCUT2D eigenvalue weighted by Gasteiger charge is -2.10. The van der Waals surface area contributed by atoms with E-state index in [0.29, 0.717) is 6.42 Å². The molecule has 0 bridgehead atoms. The van der Waals surface area contributed by atoms with E-state index in [1.54, 1.807) is 18.2 Å². The van der Waals surface area contributed by atoms with Gasteiger partial charge in [-0.2, -0.15) is 0 Å². The van der Waals surface area contributed by atoms with Crippen LogP contribution in [0.15, 0.2) is 41.8 Å². The summed E-state index contributed by atoms with van der Waals surface area (Å²) in [5, 5.41) is 21.6. The standard InChI is InChI=1S/C13H11NO4S/c15-13(16)11(12-2-1-7-19-12)8-9-3-5-10(6-4-9)14(17)18/h1-7,11H,8H2,(H,15,16). The van der Waals surface area contributed by atoms with Crippen molar-refractivity contribution in [2.45, 2.75) is 12.3 Å². The molecule has 1 unspecified atom stereocenters. The van der Waals surface area contributed by atoms with Gasteiger partial charge in [-0.15, -0.1) is 11.3 Å². The van der Waals surface area contributed by atoms with E-state index in [9.17, 15) is 20.0 Å². The molecule has 0 aliphatic heterocycles. The van der Waals surface area contributed by atoms with Crippen molar-refractivity contribution in [2.75, 3.05) is 0 Å². The number of nitrogens with zero attached hydrogens (tertiary/aromatic N) is 1. The monoisotopic (exact) mass is 277 g/mol. The molecule has 1 aromatic heterocycles. The maximum atomic E-state index is 11.3. The minimum Gasteiger partial charge on any atom is -0.481 e. The number of carbonyl (C=O) groups is 1. The Balaban J connectivity index is 2.18. The summed E-state index contributed by atoms with van der Waals surface area (Å²) in [6, 6.07) is 9.58. The molecule has 0 aliphatic carbocycles. The minimum atomic E-state index is -0.888. The number of rotatable bonds is 5. The van der Waals surface area contributed by atoms with Gasteiger partial charge in [0.05, 0.1) is 10.8 Å². The zero-order valence-corrected chi connectivity index (χ0v) is 10.7. The van der Waals surface area contributed by atoms with Crippen LogP contribution in [-0.2, 0) is 11.2 Å². The van der Waals surface area contributed by atoms with Crippen molar-refractivity contribution in [3.63, 3.8) is 0 Å². The molecule has 1 heterocycles. The van der Waals surface area contributed by atoms with E-state index < -0.39 is 16.8 Å². The summed E-state index contributed by atoms with van der Waals surface area (Å²) in [5.41, 5.74) is 0.776. The lowest BCUT2D eigenvalue weighted by atomic mass is 9.98. The Bertz CT molecular complexity index is 577. The van der Waals surface area contributed by atoms with Crippen LogP contribution in [-0.4, -0.2) is 16.0 Å². The van der Waals surface area contributed by atoms with Crippen LogP contribution in [0.25, 0.3) is 0 Å². The smallest absolute Gasteiger partial charge is 0.312 e. The summed E-state index contributed by atoms with van der Waals surface area (Å²) in [4.78, 5) is 22.1. The predicted octanol–water partition coefficient (Wildman–Crippen LogP) is 3.07. The molecule has 0 fully saturated rings. The zero-order chi connectivity index (χ0) is 13.8. The van der Waals surface area contributed by atoms with Gasteiger partial charge in [0.25, 0.3) is 5.69 Å². The lowest BCUT2D eigenvalue weighted by molar-refractivity contribution is -0.384. The van der Waals surface area contributed by atoms with Gasteiger partial charge in [0.1, 0.15) is 0 Å². The number of nitro groups is 1. The van der Waals surface area contributed by atoms with Crippen LogP contribution in [0.4, 0.5) is 5.69 Å². The van der Waals surface area contributed by atoms with E-state index in [1.807, 2.05) is 11.4 Å². The Hall–Kier alpha value is -2.21. The van der Waals surface area contributed by atoms with Gasteiger partial charge in [0.2, 0.25) is 0 Å². The van der Waals surface area contributed by atoms with Gasteiger partial charge < -0.3 is 5.11 Å². The van der Waals surface area contributed by atoms with Gasteiger partial charge in [-0.25, -0.2) is 0 Å². The molecule has 1 N–H and O–H groups in total. The normalized spacial score (nSPS) is 12.0. The Morgan fingerprint density at radius 2 is 2.00 bits per heavy atom. The van der Waals surface area contributed by atoms with Crippen molar-refractivity contribution in [2.24, 2.45) is 0 Å². The maximum absolute atomic E-state index is 11.3. The number of hydrogen-bond acceptors (Lipinski definition) is 4. The van der Waals surface area contributed by atoms with Crippen LogP contribution in [0, 0.1) is 10.1 Å². The van der Waals surface area contributed by atoms with Crippen molar-refractivity contribution in [3.05, 3.63) is 62.3 Å². The zero-order valence-electron chi connectivity index (χ0n) is 9.85. The van der Waals surface area contributed by atoms with Gasteiger partial charge in [0.15, 0.2) is 0 Å². The van der Waals surface area contributed by atoms with E-state index >= 15 is 0 Å². The molecule has 0 amide bonds. The van der Waals surface area contributed by atoms with E-state index in [2.05, 4.69) is 0 Å². The molecule has 19 heavy (non-hydrogen) atoms. The van der Waals surface area contributed by atoms with Crippen molar-refractivity contribution < 1.29 is 14.8 Å². The third-order valence-corrected chi connectivity index (χ3v) is 3.76. The second-order valence-corrected chi connectivity index (χ2v) is 5.01. The summed E-state index contributed by atoms with van der Waals surface area (Å²) in [5.74, 6) is -1.50. The summed E-state index contributed by atoms with van der Waals surface area (Å²) in [6.45, 7) is 0. The molecule has 0 aliphatic rings. The third kappa shape index (κ3) is 3.17. The fourth-order valence-electron chi connectivity index (χ4n) is 1.79. The average molecular weight is 277 g/mol. The van der Waals surface area contributed by atoms with Gasteiger partial charge in [-0.05, 0) is 23.4 Å². The predicted molar refractivity (Wildman–Crippen MR) is 71.5 cm³/mol. The second-order valence-electron chi connectivity index (χ2n) is 4.03. The molecule has 2 aromatic rings. The molecule has 98 valence electrons. The fourth-order valence-corrected chi connectivity index (χ4v) is 2.61. The topological polar surface area (TPSA) is 80.4 Å². The Kier molecular flexibility index (Phi) is 3.91. The van der Waals surface area contributed by atoms with Crippen LogP contribution < -0.4 is 0 Å². The number of nitro benzene ring substituents is 1. The van der Waals surface area contributed by atoms with E-state index in [0.717, 1.165) is 10.4 Å². The molecular weight excluding hydrogens is 266 g/mol. The number of thiophene rings is 1. The van der Waals surface area contributed by atoms with Crippen LogP contribution in [0.2, 0.25) is 0 Å². The first kappa shape index (κ1) is 13.2. The number of carboxylic acid groups (broad SMARTS) is 1. The van der Waals surface area contributed by atoms with Crippen LogP contribution in [0.3, 0.4) is 0 Å². The molecule has 2 rings (SSSR count). The van der Waals surface area contributed by atoms with Crippen LogP contribution >= 0.6 is 11.3 Å². The highest BCUT2D eigenvalue weighted by molar-refractivity contribution is 7.10. The molecule has 0 spiro atoms. The van der Waals surface area contributed by atoms with Crippen LogP contribution in [0.5, 0.6) is 0 Å². The summed E-state index contributed by atoms with van der Waals surface area (Å²) < 4.78 is 0. The highest BCUT2D eigenvalue weighted by Gasteiger charge is 2.21. The number of aliphatic carboxylic acids is 1. The summed E-state index contributed by atoms with van der Waals surface area (Å²) in [6.07, 6.45) is 0.327. The SMILES string of the molecule is O=C(O)C(Cc1ccc([N+](=O)[O-])cc1)c1cccs1. The Morgan fingerprint density at radius 1 is 1.32 bits per heavy atom. The minimum absolute atomic E-state index is 0.00625. The van der Waals surface area contributed by atoms with E-state index in [4.69, 9.17) is 0 Å². The summed E-state index contributed by atoms with van der Waals surface area (Å²) >= 11 is 1.40. The number of hydrogen-bond donors (Lipinski definition) is 1. The highest BCUT2D eigenvalue weighted by Crippen LogP contribution is 2.26. The van der Waals surface area contributed by atoms with E-state index in [-0.39, 0.29) is 5.69 Å². The molecule has 0 saturated carbocycles.